The molecular weight excluding hydrogens is 316 g/mol. The molecule has 1 aliphatic heterocycles. The second-order valence-corrected chi connectivity index (χ2v) is 6.80. The van der Waals surface area contributed by atoms with Crippen LogP contribution >= 0.6 is 0 Å². The zero-order chi connectivity index (χ0) is 17.2. The standard InChI is InChI=1S/C18H22N6O/c1-13(18-21-16(22-25-18)14-5-6-14)23-8-3-9-24(11-10-23)17-15(12-19)4-2-7-20-17/h2,4,7,13-14H,3,5-6,8-11H2,1H3. The Kier molecular flexibility index (Phi) is 4.36. The van der Waals surface area contributed by atoms with Crippen molar-refractivity contribution in [3.8, 4) is 6.07 Å². The van der Waals surface area contributed by atoms with Crippen LogP contribution in [0.15, 0.2) is 22.9 Å². The second-order valence-electron chi connectivity index (χ2n) is 6.80. The molecule has 1 saturated heterocycles. The van der Waals surface area contributed by atoms with Gasteiger partial charge in [0.2, 0.25) is 5.89 Å². The number of aromatic nitrogens is 3. The minimum absolute atomic E-state index is 0.110. The summed E-state index contributed by atoms with van der Waals surface area (Å²) in [7, 11) is 0. The summed E-state index contributed by atoms with van der Waals surface area (Å²) >= 11 is 0. The van der Waals surface area contributed by atoms with Crippen LogP contribution in [-0.2, 0) is 0 Å². The van der Waals surface area contributed by atoms with Gasteiger partial charge >= 0.3 is 0 Å². The molecule has 1 atom stereocenters. The molecule has 0 bridgehead atoms. The normalized spacial score (nSPS) is 20.1. The van der Waals surface area contributed by atoms with Crippen molar-refractivity contribution >= 4 is 5.82 Å². The highest BCUT2D eigenvalue weighted by atomic mass is 16.5. The van der Waals surface area contributed by atoms with Crippen molar-refractivity contribution in [2.45, 2.75) is 38.1 Å². The first-order valence-electron chi connectivity index (χ1n) is 8.94. The molecule has 1 saturated carbocycles. The van der Waals surface area contributed by atoms with Crippen molar-refractivity contribution in [1.29, 1.82) is 5.26 Å². The SMILES string of the molecule is CC(c1nc(C2CC2)no1)N1CCCN(c2ncccc2C#N)CC1. The Balaban J connectivity index is 1.44. The molecule has 0 amide bonds. The summed E-state index contributed by atoms with van der Waals surface area (Å²) in [6.07, 6.45) is 5.11. The molecule has 4 rings (SSSR count). The molecule has 1 unspecified atom stereocenters. The van der Waals surface area contributed by atoms with Crippen LogP contribution in [0.2, 0.25) is 0 Å². The van der Waals surface area contributed by atoms with E-state index in [1.165, 1.54) is 12.8 Å². The van der Waals surface area contributed by atoms with Crippen molar-refractivity contribution < 1.29 is 4.52 Å². The number of pyridine rings is 1. The first-order chi connectivity index (χ1) is 12.3. The van der Waals surface area contributed by atoms with E-state index in [4.69, 9.17) is 4.52 Å². The summed E-state index contributed by atoms with van der Waals surface area (Å²) in [6.45, 7) is 5.70. The third-order valence-corrected chi connectivity index (χ3v) is 5.04. The van der Waals surface area contributed by atoms with Crippen molar-refractivity contribution in [2.24, 2.45) is 0 Å². The van der Waals surface area contributed by atoms with Crippen LogP contribution in [0.3, 0.4) is 0 Å². The zero-order valence-electron chi connectivity index (χ0n) is 14.4. The van der Waals surface area contributed by atoms with Crippen molar-refractivity contribution in [1.82, 2.24) is 20.0 Å². The molecule has 0 aromatic carbocycles. The zero-order valence-corrected chi connectivity index (χ0v) is 14.4. The van der Waals surface area contributed by atoms with Crippen molar-refractivity contribution in [3.63, 3.8) is 0 Å². The summed E-state index contributed by atoms with van der Waals surface area (Å²) in [5.74, 6) is 2.88. The van der Waals surface area contributed by atoms with Gasteiger partial charge in [0.15, 0.2) is 5.82 Å². The molecule has 2 fully saturated rings. The maximum absolute atomic E-state index is 9.31. The largest absolute Gasteiger partial charge is 0.354 e. The Morgan fingerprint density at radius 2 is 2.16 bits per heavy atom. The fourth-order valence-electron chi connectivity index (χ4n) is 3.35. The molecule has 0 spiro atoms. The highest BCUT2D eigenvalue weighted by molar-refractivity contribution is 5.53. The molecule has 0 N–H and O–H groups in total. The third kappa shape index (κ3) is 3.35. The van der Waals surface area contributed by atoms with E-state index >= 15 is 0 Å². The molecule has 3 heterocycles. The average Bonchev–Trinajstić information content (AvgIpc) is 3.43. The van der Waals surface area contributed by atoms with E-state index < -0.39 is 0 Å². The van der Waals surface area contributed by atoms with Gasteiger partial charge in [-0.25, -0.2) is 4.98 Å². The van der Waals surface area contributed by atoms with Gasteiger partial charge in [-0.1, -0.05) is 5.16 Å². The van der Waals surface area contributed by atoms with Gasteiger partial charge in [-0.15, -0.1) is 0 Å². The van der Waals surface area contributed by atoms with E-state index in [9.17, 15) is 5.26 Å². The first-order valence-corrected chi connectivity index (χ1v) is 8.94. The molecule has 2 aromatic heterocycles. The monoisotopic (exact) mass is 338 g/mol. The van der Waals surface area contributed by atoms with Crippen molar-refractivity contribution in [2.75, 3.05) is 31.1 Å². The first kappa shape index (κ1) is 16.0. The summed E-state index contributed by atoms with van der Waals surface area (Å²) in [5.41, 5.74) is 0.634. The molecule has 130 valence electrons. The van der Waals surface area contributed by atoms with Gasteiger partial charge in [0.05, 0.1) is 11.6 Å². The highest BCUT2D eigenvalue weighted by Gasteiger charge is 2.31. The maximum atomic E-state index is 9.31. The Bertz CT molecular complexity index is 778. The summed E-state index contributed by atoms with van der Waals surface area (Å²) in [5, 5.41) is 13.4. The van der Waals surface area contributed by atoms with Gasteiger partial charge in [-0.05, 0) is 38.3 Å². The number of nitriles is 1. The third-order valence-electron chi connectivity index (χ3n) is 5.04. The quantitative estimate of drug-likeness (QED) is 0.847. The van der Waals surface area contributed by atoms with Gasteiger partial charge < -0.3 is 9.42 Å². The predicted octanol–water partition coefficient (Wildman–Crippen LogP) is 2.49. The van der Waals surface area contributed by atoms with E-state index in [0.717, 1.165) is 44.2 Å². The molecule has 25 heavy (non-hydrogen) atoms. The number of hydrogen-bond donors (Lipinski definition) is 0. The Hall–Kier alpha value is -2.46. The van der Waals surface area contributed by atoms with E-state index in [2.05, 4.69) is 37.9 Å². The number of anilines is 1. The van der Waals surface area contributed by atoms with Crippen LogP contribution in [0.4, 0.5) is 5.82 Å². The van der Waals surface area contributed by atoms with Gasteiger partial charge in [0, 0.05) is 38.3 Å². The number of rotatable bonds is 4. The van der Waals surface area contributed by atoms with E-state index in [1.54, 1.807) is 12.3 Å². The molecule has 2 aliphatic rings. The van der Waals surface area contributed by atoms with E-state index in [0.29, 0.717) is 17.4 Å². The minimum Gasteiger partial charge on any atom is -0.354 e. The topological polar surface area (TPSA) is 82.1 Å². The van der Waals surface area contributed by atoms with Crippen LogP contribution in [0.5, 0.6) is 0 Å². The number of hydrogen-bond acceptors (Lipinski definition) is 7. The Morgan fingerprint density at radius 1 is 1.28 bits per heavy atom. The van der Waals surface area contributed by atoms with E-state index in [1.807, 2.05) is 6.07 Å². The summed E-state index contributed by atoms with van der Waals surface area (Å²) in [6, 6.07) is 5.98. The molecule has 7 nitrogen and oxygen atoms in total. The summed E-state index contributed by atoms with van der Waals surface area (Å²) in [4.78, 5) is 13.6. The fourth-order valence-corrected chi connectivity index (χ4v) is 3.35. The second kappa shape index (κ2) is 6.81. The van der Waals surface area contributed by atoms with Crippen LogP contribution < -0.4 is 4.90 Å². The van der Waals surface area contributed by atoms with Crippen LogP contribution in [0, 0.1) is 11.3 Å². The van der Waals surface area contributed by atoms with Gasteiger partial charge in [0.1, 0.15) is 11.9 Å². The molecule has 2 aromatic rings. The minimum atomic E-state index is 0.110. The van der Waals surface area contributed by atoms with Crippen molar-refractivity contribution in [3.05, 3.63) is 35.6 Å². The predicted molar refractivity (Wildman–Crippen MR) is 92.0 cm³/mol. The lowest BCUT2D eigenvalue weighted by molar-refractivity contribution is 0.184. The molecular formula is C18H22N6O. The smallest absolute Gasteiger partial charge is 0.243 e. The van der Waals surface area contributed by atoms with Crippen LogP contribution in [0.25, 0.3) is 0 Å². The molecule has 7 heteroatoms. The fraction of sp³-hybridized carbons (Fsp3) is 0.556. The highest BCUT2D eigenvalue weighted by Crippen LogP contribution is 2.38. The lowest BCUT2D eigenvalue weighted by Crippen LogP contribution is -2.33. The Labute approximate surface area is 147 Å². The molecule has 0 radical (unpaired) electrons. The Morgan fingerprint density at radius 3 is 2.96 bits per heavy atom. The maximum Gasteiger partial charge on any atom is 0.243 e. The van der Waals surface area contributed by atoms with E-state index in [-0.39, 0.29) is 6.04 Å². The van der Waals surface area contributed by atoms with Gasteiger partial charge in [0.25, 0.3) is 0 Å². The van der Waals surface area contributed by atoms with Crippen LogP contribution in [0.1, 0.15) is 55.4 Å². The van der Waals surface area contributed by atoms with Gasteiger partial charge in [-0.3, -0.25) is 4.90 Å². The number of nitrogens with zero attached hydrogens (tertiary/aromatic N) is 6. The van der Waals surface area contributed by atoms with Gasteiger partial charge in [-0.2, -0.15) is 10.2 Å². The average molecular weight is 338 g/mol. The summed E-state index contributed by atoms with van der Waals surface area (Å²) < 4.78 is 5.50. The lowest BCUT2D eigenvalue weighted by Gasteiger charge is -2.25. The van der Waals surface area contributed by atoms with Crippen LogP contribution in [-0.4, -0.2) is 46.2 Å². The molecule has 1 aliphatic carbocycles. The lowest BCUT2D eigenvalue weighted by atomic mass is 10.2.